The van der Waals surface area contributed by atoms with Crippen molar-refractivity contribution in [3.8, 4) is 5.69 Å². The number of sulfonamides is 1. The van der Waals surface area contributed by atoms with E-state index in [4.69, 9.17) is 5.11 Å². The highest BCUT2D eigenvalue weighted by Gasteiger charge is 2.35. The Balaban J connectivity index is 1.82. The smallest absolute Gasteiger partial charge is 0.307 e. The van der Waals surface area contributed by atoms with E-state index < -0.39 is 21.9 Å². The van der Waals surface area contributed by atoms with Gasteiger partial charge in [-0.05, 0) is 41.1 Å². The van der Waals surface area contributed by atoms with Crippen LogP contribution in [0, 0.1) is 5.92 Å². The van der Waals surface area contributed by atoms with E-state index in [1.807, 2.05) is 0 Å². The second kappa shape index (κ2) is 5.46. The van der Waals surface area contributed by atoms with Crippen LogP contribution in [0.2, 0.25) is 0 Å². The lowest BCUT2D eigenvalue weighted by Gasteiger charge is -2.16. The molecule has 0 aliphatic carbocycles. The summed E-state index contributed by atoms with van der Waals surface area (Å²) in [5, 5.41) is 19.7. The van der Waals surface area contributed by atoms with Crippen LogP contribution in [0.3, 0.4) is 0 Å². The predicted octanol–water partition coefficient (Wildman–Crippen LogP) is -0.243. The van der Waals surface area contributed by atoms with Crippen molar-refractivity contribution in [1.82, 2.24) is 24.5 Å². The summed E-state index contributed by atoms with van der Waals surface area (Å²) in [5.41, 5.74) is 0.633. The van der Waals surface area contributed by atoms with Crippen LogP contribution in [-0.2, 0) is 14.8 Å². The summed E-state index contributed by atoms with van der Waals surface area (Å²) in [6.45, 7) is 0.223. The van der Waals surface area contributed by atoms with E-state index in [0.717, 1.165) is 0 Å². The van der Waals surface area contributed by atoms with Crippen LogP contribution in [0.15, 0.2) is 35.5 Å². The number of hydrogen-bond acceptors (Lipinski definition) is 6. The standard InChI is InChI=1S/C12H13N5O4S/c18-12(19)9-5-6-16(7-9)22(20,21)11-3-1-10(2-4-11)17-8-13-14-15-17/h1-4,8-9H,5-7H2,(H,18,19). The lowest BCUT2D eigenvalue weighted by Crippen LogP contribution is -2.30. The van der Waals surface area contributed by atoms with Crippen LogP contribution >= 0.6 is 0 Å². The number of rotatable bonds is 4. The maximum atomic E-state index is 12.5. The summed E-state index contributed by atoms with van der Waals surface area (Å²) in [6, 6.07) is 6.10. The summed E-state index contributed by atoms with van der Waals surface area (Å²) in [7, 11) is -3.68. The topological polar surface area (TPSA) is 118 Å². The van der Waals surface area contributed by atoms with Crippen molar-refractivity contribution in [3.05, 3.63) is 30.6 Å². The second-order valence-corrected chi connectivity index (χ2v) is 6.87. The van der Waals surface area contributed by atoms with E-state index in [9.17, 15) is 13.2 Å². The van der Waals surface area contributed by atoms with Crippen molar-refractivity contribution in [1.29, 1.82) is 0 Å². The molecule has 0 bridgehead atoms. The van der Waals surface area contributed by atoms with Crippen molar-refractivity contribution < 1.29 is 18.3 Å². The molecule has 1 aliphatic rings. The van der Waals surface area contributed by atoms with Crippen LogP contribution in [-0.4, -0.2) is 57.1 Å². The Morgan fingerprint density at radius 3 is 2.55 bits per heavy atom. The Kier molecular flexibility index (Phi) is 3.62. The lowest BCUT2D eigenvalue weighted by atomic mass is 10.1. The third kappa shape index (κ3) is 2.57. The first-order chi connectivity index (χ1) is 10.5. The number of tetrazole rings is 1. The molecule has 2 heterocycles. The highest BCUT2D eigenvalue weighted by atomic mass is 32.2. The summed E-state index contributed by atoms with van der Waals surface area (Å²) < 4.78 is 27.6. The molecular weight excluding hydrogens is 310 g/mol. The molecule has 0 radical (unpaired) electrons. The fraction of sp³-hybridized carbons (Fsp3) is 0.333. The maximum absolute atomic E-state index is 12.5. The second-order valence-electron chi connectivity index (χ2n) is 4.94. The van der Waals surface area contributed by atoms with Gasteiger partial charge in [0.25, 0.3) is 0 Å². The number of carboxylic acids is 1. The number of benzene rings is 1. The van der Waals surface area contributed by atoms with E-state index in [0.29, 0.717) is 12.1 Å². The van der Waals surface area contributed by atoms with Crippen molar-refractivity contribution >= 4 is 16.0 Å². The third-order valence-electron chi connectivity index (χ3n) is 3.59. The van der Waals surface area contributed by atoms with Gasteiger partial charge in [0, 0.05) is 13.1 Å². The fourth-order valence-corrected chi connectivity index (χ4v) is 3.85. The normalized spacial score (nSPS) is 19.4. The first kappa shape index (κ1) is 14.6. The number of nitrogens with zero attached hydrogens (tertiary/aromatic N) is 5. The molecule has 3 rings (SSSR count). The van der Waals surface area contributed by atoms with E-state index in [-0.39, 0.29) is 18.0 Å². The van der Waals surface area contributed by atoms with Gasteiger partial charge in [0.2, 0.25) is 10.0 Å². The van der Waals surface area contributed by atoms with Gasteiger partial charge in [0.05, 0.1) is 16.5 Å². The van der Waals surface area contributed by atoms with E-state index in [1.54, 1.807) is 12.1 Å². The Morgan fingerprint density at radius 2 is 2.00 bits per heavy atom. The first-order valence-electron chi connectivity index (χ1n) is 6.55. The highest BCUT2D eigenvalue weighted by Crippen LogP contribution is 2.25. The van der Waals surface area contributed by atoms with Crippen molar-refractivity contribution in [2.24, 2.45) is 5.92 Å². The monoisotopic (exact) mass is 323 g/mol. The number of aromatic nitrogens is 4. The SMILES string of the molecule is O=C(O)C1CCN(S(=O)(=O)c2ccc(-n3cnnn3)cc2)C1. The number of aliphatic carboxylic acids is 1. The quantitative estimate of drug-likeness (QED) is 0.824. The van der Waals surface area contributed by atoms with Crippen molar-refractivity contribution in [3.63, 3.8) is 0 Å². The highest BCUT2D eigenvalue weighted by molar-refractivity contribution is 7.89. The zero-order chi connectivity index (χ0) is 15.7. The molecule has 116 valence electrons. The zero-order valence-corrected chi connectivity index (χ0v) is 12.2. The number of carboxylic acid groups (broad SMARTS) is 1. The molecule has 1 unspecified atom stereocenters. The summed E-state index contributed by atoms with van der Waals surface area (Å²) >= 11 is 0. The Morgan fingerprint density at radius 1 is 1.27 bits per heavy atom. The molecule has 1 saturated heterocycles. The molecule has 1 N–H and O–H groups in total. The number of carbonyl (C=O) groups is 1. The van der Waals surface area contributed by atoms with Gasteiger partial charge in [-0.1, -0.05) is 0 Å². The molecule has 1 fully saturated rings. The average Bonchev–Trinajstić information content (AvgIpc) is 3.19. The van der Waals surface area contributed by atoms with Gasteiger partial charge < -0.3 is 5.11 Å². The largest absolute Gasteiger partial charge is 0.481 e. The molecule has 1 aliphatic heterocycles. The zero-order valence-electron chi connectivity index (χ0n) is 11.4. The summed E-state index contributed by atoms with van der Waals surface area (Å²) in [5.74, 6) is -1.61. The maximum Gasteiger partial charge on any atom is 0.307 e. The minimum absolute atomic E-state index is 0.00636. The van der Waals surface area contributed by atoms with Crippen LogP contribution in [0.4, 0.5) is 0 Å². The molecule has 1 aromatic heterocycles. The van der Waals surface area contributed by atoms with Crippen molar-refractivity contribution in [2.45, 2.75) is 11.3 Å². The predicted molar refractivity (Wildman–Crippen MR) is 73.7 cm³/mol. The first-order valence-corrected chi connectivity index (χ1v) is 7.99. The van der Waals surface area contributed by atoms with Gasteiger partial charge in [-0.3, -0.25) is 4.79 Å². The Labute approximate surface area is 126 Å². The van der Waals surface area contributed by atoms with E-state index in [1.165, 1.54) is 27.4 Å². The molecular formula is C12H13N5O4S. The molecule has 0 amide bonds. The van der Waals surface area contributed by atoms with Crippen LogP contribution in [0.5, 0.6) is 0 Å². The molecule has 1 aromatic carbocycles. The van der Waals surface area contributed by atoms with Gasteiger partial charge in [-0.2, -0.15) is 4.31 Å². The molecule has 2 aromatic rings. The third-order valence-corrected chi connectivity index (χ3v) is 5.47. The minimum atomic E-state index is -3.68. The van der Waals surface area contributed by atoms with Crippen LogP contribution < -0.4 is 0 Å². The summed E-state index contributed by atoms with van der Waals surface area (Å²) in [6.07, 6.45) is 1.73. The molecule has 9 nitrogen and oxygen atoms in total. The minimum Gasteiger partial charge on any atom is -0.481 e. The molecule has 0 saturated carbocycles. The van der Waals surface area contributed by atoms with Gasteiger partial charge in [0.15, 0.2) is 0 Å². The van der Waals surface area contributed by atoms with E-state index >= 15 is 0 Å². The van der Waals surface area contributed by atoms with E-state index in [2.05, 4.69) is 15.5 Å². The average molecular weight is 323 g/mol. The van der Waals surface area contributed by atoms with Gasteiger partial charge in [0.1, 0.15) is 6.33 Å². The lowest BCUT2D eigenvalue weighted by molar-refractivity contribution is -0.141. The Hall–Kier alpha value is -2.33. The van der Waals surface area contributed by atoms with Crippen LogP contribution in [0.1, 0.15) is 6.42 Å². The fourth-order valence-electron chi connectivity index (χ4n) is 2.35. The van der Waals surface area contributed by atoms with Gasteiger partial charge in [-0.25, -0.2) is 13.1 Å². The van der Waals surface area contributed by atoms with Gasteiger partial charge >= 0.3 is 5.97 Å². The Bertz CT molecular complexity index is 772. The summed E-state index contributed by atoms with van der Waals surface area (Å²) in [4.78, 5) is 11.1. The molecule has 10 heteroatoms. The molecule has 0 spiro atoms. The van der Waals surface area contributed by atoms with Crippen molar-refractivity contribution in [2.75, 3.05) is 13.1 Å². The molecule has 1 atom stereocenters. The number of hydrogen-bond donors (Lipinski definition) is 1. The molecule has 22 heavy (non-hydrogen) atoms. The van der Waals surface area contributed by atoms with Crippen LogP contribution in [0.25, 0.3) is 5.69 Å². The van der Waals surface area contributed by atoms with Gasteiger partial charge in [-0.15, -0.1) is 5.10 Å².